The van der Waals surface area contributed by atoms with Gasteiger partial charge in [-0.15, -0.1) is 0 Å². The van der Waals surface area contributed by atoms with Gasteiger partial charge in [0.05, 0.1) is 19.5 Å². The summed E-state index contributed by atoms with van der Waals surface area (Å²) in [4.78, 5) is 0. The molecule has 1 aliphatic heterocycles. The van der Waals surface area contributed by atoms with Crippen LogP contribution >= 0.6 is 11.6 Å². The van der Waals surface area contributed by atoms with Crippen molar-refractivity contribution in [1.29, 1.82) is 0 Å². The third kappa shape index (κ3) is 4.09. The second-order valence-electron chi connectivity index (χ2n) is 4.75. The summed E-state index contributed by atoms with van der Waals surface area (Å²) in [6.07, 6.45) is 0.788. The maximum Gasteiger partial charge on any atom is 0.212 e. The Kier molecular flexibility index (Phi) is 5.26. The largest absolute Gasteiger partial charge is 0.496 e. The van der Waals surface area contributed by atoms with Gasteiger partial charge in [-0.3, -0.25) is 0 Å². The van der Waals surface area contributed by atoms with Crippen LogP contribution in [0.4, 0.5) is 0 Å². The molecule has 20 heavy (non-hydrogen) atoms. The molecule has 1 unspecified atom stereocenters. The average Bonchev–Trinajstić information content (AvgIpc) is 2.89. The van der Waals surface area contributed by atoms with E-state index < -0.39 is 10.0 Å². The van der Waals surface area contributed by atoms with E-state index in [9.17, 15) is 8.42 Å². The molecule has 0 spiro atoms. The molecule has 1 aromatic rings. The summed E-state index contributed by atoms with van der Waals surface area (Å²) >= 11 is 6.07. The molecule has 7 heteroatoms. The van der Waals surface area contributed by atoms with Crippen LogP contribution in [0.25, 0.3) is 0 Å². The lowest BCUT2D eigenvalue weighted by molar-refractivity contribution is 0.188. The summed E-state index contributed by atoms with van der Waals surface area (Å²) in [7, 11) is -1.82. The molecule has 0 aliphatic carbocycles. The summed E-state index contributed by atoms with van der Waals surface area (Å²) in [5, 5.41) is 0.483. The number of sulfonamides is 1. The Balaban J connectivity index is 2.00. The predicted molar refractivity (Wildman–Crippen MR) is 77.6 cm³/mol. The van der Waals surface area contributed by atoms with Crippen LogP contribution in [-0.2, 0) is 21.3 Å². The van der Waals surface area contributed by atoms with Crippen molar-refractivity contribution < 1.29 is 17.9 Å². The van der Waals surface area contributed by atoms with Crippen LogP contribution in [0.5, 0.6) is 5.75 Å². The van der Waals surface area contributed by atoms with Gasteiger partial charge in [0.15, 0.2) is 0 Å². The Morgan fingerprint density at radius 1 is 1.50 bits per heavy atom. The van der Waals surface area contributed by atoms with Crippen LogP contribution in [0, 0.1) is 5.92 Å². The van der Waals surface area contributed by atoms with Crippen LogP contribution in [0.3, 0.4) is 0 Å². The van der Waals surface area contributed by atoms with E-state index in [1.54, 1.807) is 18.2 Å². The van der Waals surface area contributed by atoms with Crippen LogP contribution in [-0.4, -0.2) is 34.5 Å². The molecule has 1 heterocycles. The van der Waals surface area contributed by atoms with Gasteiger partial charge in [0.2, 0.25) is 10.0 Å². The SMILES string of the molecule is COc1cccc(Cl)c1CNS(=O)(=O)CC1CCOC1. The minimum absolute atomic E-state index is 0.0700. The summed E-state index contributed by atoms with van der Waals surface area (Å²) < 4.78 is 37.0. The maximum absolute atomic E-state index is 12.0. The number of ether oxygens (including phenoxy) is 2. The minimum Gasteiger partial charge on any atom is -0.496 e. The van der Waals surface area contributed by atoms with Crippen molar-refractivity contribution in [3.63, 3.8) is 0 Å². The highest BCUT2D eigenvalue weighted by Gasteiger charge is 2.23. The fourth-order valence-corrected chi connectivity index (χ4v) is 3.77. The van der Waals surface area contributed by atoms with Gasteiger partial charge >= 0.3 is 0 Å². The van der Waals surface area contributed by atoms with Crippen molar-refractivity contribution in [3.05, 3.63) is 28.8 Å². The van der Waals surface area contributed by atoms with Crippen LogP contribution < -0.4 is 9.46 Å². The van der Waals surface area contributed by atoms with Crippen LogP contribution in [0.1, 0.15) is 12.0 Å². The van der Waals surface area contributed by atoms with Crippen molar-refractivity contribution >= 4 is 21.6 Å². The molecule has 112 valence electrons. The van der Waals surface area contributed by atoms with Crippen molar-refractivity contribution in [1.82, 2.24) is 4.72 Å². The number of methoxy groups -OCH3 is 1. The zero-order valence-corrected chi connectivity index (χ0v) is 12.8. The molecule has 0 bridgehead atoms. The lowest BCUT2D eigenvalue weighted by Crippen LogP contribution is -2.30. The Bertz CT molecular complexity index is 555. The molecule has 1 saturated heterocycles. The summed E-state index contributed by atoms with van der Waals surface area (Å²) in [6, 6.07) is 5.22. The molecule has 1 N–H and O–H groups in total. The van der Waals surface area contributed by atoms with E-state index in [2.05, 4.69) is 4.72 Å². The molecule has 1 aliphatic rings. The van der Waals surface area contributed by atoms with Crippen LogP contribution in [0.15, 0.2) is 18.2 Å². The number of hydrogen-bond donors (Lipinski definition) is 1. The van der Waals surface area contributed by atoms with Gasteiger partial charge in [0, 0.05) is 23.7 Å². The topological polar surface area (TPSA) is 64.6 Å². The highest BCUT2D eigenvalue weighted by atomic mass is 35.5. The Hall–Kier alpha value is -0.820. The average molecular weight is 320 g/mol. The minimum atomic E-state index is -3.35. The molecule has 0 radical (unpaired) electrons. The molecular formula is C13H18ClNO4S. The fraction of sp³-hybridized carbons (Fsp3) is 0.538. The second-order valence-corrected chi connectivity index (χ2v) is 7.01. The number of rotatable bonds is 6. The van der Waals surface area contributed by atoms with E-state index in [0.717, 1.165) is 6.42 Å². The summed E-state index contributed by atoms with van der Waals surface area (Å²) in [5.74, 6) is 0.727. The van der Waals surface area contributed by atoms with Crippen LogP contribution in [0.2, 0.25) is 5.02 Å². The zero-order chi connectivity index (χ0) is 14.6. The smallest absolute Gasteiger partial charge is 0.212 e. The van der Waals surface area contributed by atoms with Gasteiger partial charge in [-0.05, 0) is 24.5 Å². The normalized spacial score (nSPS) is 19.2. The second kappa shape index (κ2) is 6.76. The number of halogens is 1. The highest BCUT2D eigenvalue weighted by Crippen LogP contribution is 2.26. The molecule has 1 fully saturated rings. The van der Waals surface area contributed by atoms with Crippen molar-refractivity contribution in [2.45, 2.75) is 13.0 Å². The van der Waals surface area contributed by atoms with Crippen molar-refractivity contribution in [3.8, 4) is 5.75 Å². The van der Waals surface area contributed by atoms with Gasteiger partial charge < -0.3 is 9.47 Å². The van der Waals surface area contributed by atoms with Crippen molar-refractivity contribution in [2.75, 3.05) is 26.1 Å². The quantitative estimate of drug-likeness (QED) is 0.868. The Labute approximate surface area is 124 Å². The molecule has 0 saturated carbocycles. The number of nitrogens with one attached hydrogen (secondary N) is 1. The van der Waals surface area contributed by atoms with E-state index in [1.807, 2.05) is 0 Å². The first-order chi connectivity index (χ1) is 9.52. The first-order valence-corrected chi connectivity index (χ1v) is 8.41. The Morgan fingerprint density at radius 2 is 2.30 bits per heavy atom. The molecule has 2 rings (SSSR count). The first kappa shape index (κ1) is 15.6. The maximum atomic E-state index is 12.0. The van der Waals surface area contributed by atoms with Gasteiger partial charge in [0.1, 0.15) is 5.75 Å². The lowest BCUT2D eigenvalue weighted by Gasteiger charge is -2.13. The van der Waals surface area contributed by atoms with Gasteiger partial charge in [-0.1, -0.05) is 17.7 Å². The van der Waals surface area contributed by atoms with E-state index in [4.69, 9.17) is 21.1 Å². The standard InChI is InChI=1S/C13H18ClNO4S/c1-18-13-4-2-3-12(14)11(13)7-15-20(16,17)9-10-5-6-19-8-10/h2-4,10,15H,5-9H2,1H3. The third-order valence-electron chi connectivity index (χ3n) is 3.24. The fourth-order valence-electron chi connectivity index (χ4n) is 2.17. The zero-order valence-electron chi connectivity index (χ0n) is 11.3. The third-order valence-corrected chi connectivity index (χ3v) is 5.09. The van der Waals surface area contributed by atoms with Crippen molar-refractivity contribution in [2.24, 2.45) is 5.92 Å². The lowest BCUT2D eigenvalue weighted by atomic mass is 10.2. The molecule has 1 aromatic carbocycles. The molecule has 0 aromatic heterocycles. The van der Waals surface area contributed by atoms with E-state index in [1.165, 1.54) is 7.11 Å². The molecule has 0 amide bonds. The number of benzene rings is 1. The van der Waals surface area contributed by atoms with E-state index in [-0.39, 0.29) is 18.2 Å². The van der Waals surface area contributed by atoms with Gasteiger partial charge in [0.25, 0.3) is 0 Å². The summed E-state index contributed by atoms with van der Waals surface area (Å²) in [6.45, 7) is 1.27. The number of hydrogen-bond acceptors (Lipinski definition) is 4. The van der Waals surface area contributed by atoms with Gasteiger partial charge in [-0.25, -0.2) is 13.1 Å². The monoisotopic (exact) mass is 319 g/mol. The molecular weight excluding hydrogens is 302 g/mol. The van der Waals surface area contributed by atoms with E-state index >= 15 is 0 Å². The Morgan fingerprint density at radius 3 is 2.95 bits per heavy atom. The van der Waals surface area contributed by atoms with Gasteiger partial charge in [-0.2, -0.15) is 0 Å². The summed E-state index contributed by atoms with van der Waals surface area (Å²) in [5.41, 5.74) is 0.642. The predicted octanol–water partition coefficient (Wildman–Crippen LogP) is 1.80. The first-order valence-electron chi connectivity index (χ1n) is 6.38. The molecule has 5 nitrogen and oxygen atoms in total. The highest BCUT2D eigenvalue weighted by molar-refractivity contribution is 7.89. The van der Waals surface area contributed by atoms with E-state index in [0.29, 0.717) is 29.5 Å². The molecule has 1 atom stereocenters.